The Kier molecular flexibility index (Phi) is 7.60. The molecule has 0 fully saturated rings. The molecule has 0 aromatic carbocycles. The third kappa shape index (κ3) is 3.89. The van der Waals surface area contributed by atoms with Gasteiger partial charge in [-0.25, -0.2) is 0 Å². The molecule has 0 aromatic rings. The Labute approximate surface area is 98.1 Å². The lowest BCUT2D eigenvalue weighted by Crippen LogP contribution is -2.52. The van der Waals surface area contributed by atoms with E-state index in [4.69, 9.17) is 13.3 Å². The molecule has 0 spiro atoms. The Morgan fingerprint density at radius 3 is 1.38 bits per heavy atom. The van der Waals surface area contributed by atoms with Gasteiger partial charge in [0, 0.05) is 46.1 Å². The second kappa shape index (κ2) is 7.51. The topological polar surface area (TPSA) is 88.4 Å². The average molecular weight is 270 g/mol. The normalized spacial score (nSPS) is 13.1. The summed E-state index contributed by atoms with van der Waals surface area (Å²) < 4.78 is 15.7. The van der Waals surface area contributed by atoms with Crippen LogP contribution in [-0.2, 0) is 13.3 Å². The fourth-order valence-corrected chi connectivity index (χ4v) is 6.59. The summed E-state index contributed by atoms with van der Waals surface area (Å²) in [6.07, 6.45) is -0.454. The summed E-state index contributed by atoms with van der Waals surface area (Å²) in [7, 11) is -0.550. The molecule has 0 aliphatic carbocycles. The van der Waals surface area contributed by atoms with Crippen molar-refractivity contribution in [2.45, 2.75) is 12.1 Å². The van der Waals surface area contributed by atoms with Gasteiger partial charge in [0.15, 0.2) is 0 Å². The highest BCUT2D eigenvalue weighted by Crippen LogP contribution is 2.21. The molecule has 0 aliphatic rings. The van der Waals surface area contributed by atoms with Crippen molar-refractivity contribution in [3.63, 3.8) is 0 Å². The smallest absolute Gasteiger partial charge is 0.399 e. The first-order valence-corrected chi connectivity index (χ1v) is 9.81. The molecule has 0 rings (SSSR count). The van der Waals surface area contributed by atoms with Gasteiger partial charge in [-0.2, -0.15) is 0 Å². The first-order valence-electron chi connectivity index (χ1n) is 5.05. The third-order valence-corrected chi connectivity index (χ3v) is 9.45. The maximum atomic E-state index is 9.23. The third-order valence-electron chi connectivity index (χ3n) is 2.90. The number of hydrogen-bond acceptors (Lipinski definition) is 6. The van der Waals surface area contributed by atoms with Crippen LogP contribution in [-0.4, -0.2) is 72.2 Å². The molecule has 0 heterocycles. The highest BCUT2D eigenvalue weighted by atomic mass is 28.4. The Morgan fingerprint density at radius 2 is 1.12 bits per heavy atom. The fourth-order valence-electron chi connectivity index (χ4n) is 1.36. The van der Waals surface area contributed by atoms with E-state index in [9.17, 15) is 15.3 Å². The van der Waals surface area contributed by atoms with Crippen molar-refractivity contribution in [2.75, 3.05) is 40.0 Å². The quantitative estimate of drug-likeness (QED) is 0.461. The predicted octanol–water partition coefficient (Wildman–Crippen LogP) is -1.09. The van der Waals surface area contributed by atoms with Crippen molar-refractivity contribution in [3.8, 4) is 0 Å². The van der Waals surface area contributed by atoms with Crippen molar-refractivity contribution in [3.05, 3.63) is 0 Å². The average Bonchev–Trinajstić information content (AvgIpc) is 2.37. The van der Waals surface area contributed by atoms with Crippen LogP contribution in [0.3, 0.4) is 0 Å². The van der Waals surface area contributed by atoms with Crippen LogP contribution in [0.1, 0.15) is 0 Å². The summed E-state index contributed by atoms with van der Waals surface area (Å²) in [6.45, 7) is 0. The van der Waals surface area contributed by atoms with Crippen LogP contribution in [0, 0.1) is 0 Å². The van der Waals surface area contributed by atoms with Crippen LogP contribution in [0.2, 0.25) is 12.1 Å². The van der Waals surface area contributed by atoms with Crippen LogP contribution in [0.5, 0.6) is 0 Å². The Hall–Kier alpha value is 0.194. The van der Waals surface area contributed by atoms with Gasteiger partial charge in [-0.05, 0) is 6.04 Å². The molecule has 0 unspecified atom stereocenters. The van der Waals surface area contributed by atoms with Crippen molar-refractivity contribution in [1.82, 2.24) is 0 Å². The molecule has 0 radical (unpaired) electrons. The van der Waals surface area contributed by atoms with Crippen LogP contribution < -0.4 is 0 Å². The zero-order valence-electron chi connectivity index (χ0n) is 10.1. The molecule has 3 N–H and O–H groups in total. The second-order valence-electron chi connectivity index (χ2n) is 3.77. The van der Waals surface area contributed by atoms with Crippen LogP contribution in [0.4, 0.5) is 0 Å². The minimum absolute atomic E-state index is 0.151. The molecule has 0 amide bonds. The summed E-state index contributed by atoms with van der Waals surface area (Å²) in [6, 6.07) is 1.00. The van der Waals surface area contributed by atoms with Gasteiger partial charge in [0.2, 0.25) is 0 Å². The predicted molar refractivity (Wildman–Crippen MR) is 63.4 cm³/mol. The van der Waals surface area contributed by atoms with Gasteiger partial charge in [0.25, 0.3) is 0 Å². The van der Waals surface area contributed by atoms with E-state index >= 15 is 0 Å². The van der Waals surface area contributed by atoms with Gasteiger partial charge in [-0.15, -0.1) is 0 Å². The van der Waals surface area contributed by atoms with Gasteiger partial charge in [0.1, 0.15) is 8.07 Å². The van der Waals surface area contributed by atoms with Crippen molar-refractivity contribution in [1.29, 1.82) is 0 Å². The zero-order chi connectivity index (χ0) is 12.7. The molecule has 16 heavy (non-hydrogen) atoms. The lowest BCUT2D eigenvalue weighted by molar-refractivity contribution is 0.125. The maximum Gasteiger partial charge on any atom is 0.499 e. The Balaban J connectivity index is 4.48. The number of hydrogen-bond donors (Lipinski definition) is 3. The zero-order valence-corrected chi connectivity index (χ0v) is 12.1. The van der Waals surface area contributed by atoms with E-state index in [1.165, 1.54) is 21.3 Å². The van der Waals surface area contributed by atoms with E-state index in [1.54, 1.807) is 0 Å². The molecule has 0 saturated carbocycles. The molecule has 0 aliphatic heterocycles. The van der Waals surface area contributed by atoms with E-state index in [0.717, 1.165) is 0 Å². The number of aliphatic hydroxyl groups excluding tert-OH is 3. The van der Waals surface area contributed by atoms with Gasteiger partial charge in [-0.3, -0.25) is 0 Å². The van der Waals surface area contributed by atoms with Crippen LogP contribution >= 0.6 is 0 Å². The first-order chi connectivity index (χ1) is 7.57. The SMILES string of the molecule is CO[Si](CC[Si](CO)(CO)CO)(OC)OC. The monoisotopic (exact) mass is 270 g/mol. The largest absolute Gasteiger partial charge is 0.499 e. The van der Waals surface area contributed by atoms with E-state index in [-0.39, 0.29) is 18.7 Å². The van der Waals surface area contributed by atoms with Gasteiger partial charge in [-0.1, -0.05) is 0 Å². The fraction of sp³-hybridized carbons (Fsp3) is 1.00. The Bertz CT molecular complexity index is 147. The lowest BCUT2D eigenvalue weighted by Gasteiger charge is -2.30. The molecular weight excluding hydrogens is 248 g/mol. The molecule has 0 atom stereocenters. The van der Waals surface area contributed by atoms with E-state index < -0.39 is 16.9 Å². The highest BCUT2D eigenvalue weighted by Gasteiger charge is 2.42. The minimum Gasteiger partial charge on any atom is -0.399 e. The minimum atomic E-state index is -2.67. The van der Waals surface area contributed by atoms with Crippen molar-refractivity contribution >= 4 is 16.9 Å². The van der Waals surface area contributed by atoms with E-state index in [2.05, 4.69) is 0 Å². The summed E-state index contributed by atoms with van der Waals surface area (Å²) in [5, 5.41) is 27.7. The first kappa shape index (κ1) is 16.2. The summed E-state index contributed by atoms with van der Waals surface area (Å²) in [5.41, 5.74) is 0. The van der Waals surface area contributed by atoms with E-state index in [0.29, 0.717) is 12.1 Å². The molecule has 0 aromatic heterocycles. The van der Waals surface area contributed by atoms with Crippen molar-refractivity contribution < 1.29 is 28.6 Å². The standard InChI is InChI=1S/C8H22O6Si2/c1-12-16(13-2,14-3)5-4-15(6-9,7-10)8-11/h9-11H,4-8H2,1-3H3. The number of aliphatic hydroxyl groups is 3. The van der Waals surface area contributed by atoms with Crippen LogP contribution in [0.25, 0.3) is 0 Å². The molecular formula is C8H22O6Si2. The maximum absolute atomic E-state index is 9.23. The van der Waals surface area contributed by atoms with E-state index in [1.807, 2.05) is 0 Å². The van der Waals surface area contributed by atoms with Gasteiger partial charge >= 0.3 is 8.80 Å². The van der Waals surface area contributed by atoms with Gasteiger partial charge < -0.3 is 28.6 Å². The number of rotatable bonds is 9. The summed E-state index contributed by atoms with van der Waals surface area (Å²) in [5.74, 6) is 0. The molecule has 6 nitrogen and oxygen atoms in total. The highest BCUT2D eigenvalue weighted by molar-refractivity contribution is 6.80. The lowest BCUT2D eigenvalue weighted by atomic mass is 10.9. The second-order valence-corrected chi connectivity index (χ2v) is 11.3. The Morgan fingerprint density at radius 1 is 0.750 bits per heavy atom. The molecule has 0 bridgehead atoms. The molecule has 8 heteroatoms. The molecule has 98 valence electrons. The van der Waals surface area contributed by atoms with Crippen molar-refractivity contribution in [2.24, 2.45) is 0 Å². The summed E-state index contributed by atoms with van der Waals surface area (Å²) >= 11 is 0. The van der Waals surface area contributed by atoms with Gasteiger partial charge in [0.05, 0.1) is 0 Å². The summed E-state index contributed by atoms with van der Waals surface area (Å²) in [4.78, 5) is 0. The van der Waals surface area contributed by atoms with Crippen LogP contribution in [0.15, 0.2) is 0 Å². The molecule has 0 saturated heterocycles.